The molecular weight excluding hydrogens is 590 g/mol. The van der Waals surface area contributed by atoms with Gasteiger partial charge in [0.2, 0.25) is 0 Å². The molecule has 1 fully saturated rings. The van der Waals surface area contributed by atoms with Gasteiger partial charge in [-0.2, -0.15) is 31.4 Å². The third kappa shape index (κ3) is 5.35. The lowest BCUT2D eigenvalue weighted by Gasteiger charge is -2.37. The van der Waals surface area contributed by atoms with Gasteiger partial charge in [0.1, 0.15) is 0 Å². The Morgan fingerprint density at radius 3 is 2.20 bits per heavy atom. The first-order valence-corrected chi connectivity index (χ1v) is 13.6. The van der Waals surface area contributed by atoms with Crippen LogP contribution in [0.15, 0.2) is 77.9 Å². The molecule has 2 atom stereocenters. The molecule has 0 bridgehead atoms. The number of likely N-dealkylation sites (tertiary alicyclic amines) is 1. The normalized spacial score (nSPS) is 17.8. The van der Waals surface area contributed by atoms with Crippen LogP contribution in [0.2, 0.25) is 0 Å². The van der Waals surface area contributed by atoms with Gasteiger partial charge in [0, 0.05) is 36.6 Å². The number of halogens is 6. The number of rotatable bonds is 4. The van der Waals surface area contributed by atoms with Crippen molar-refractivity contribution >= 4 is 16.9 Å². The zero-order valence-corrected chi connectivity index (χ0v) is 23.0. The number of imidazole rings is 1. The number of alkyl halides is 6. The number of pyridine rings is 1. The van der Waals surface area contributed by atoms with Gasteiger partial charge in [0.25, 0.3) is 5.91 Å². The molecule has 44 heavy (non-hydrogen) atoms. The molecule has 6 rings (SSSR count). The number of nitrogens with zero attached hydrogens (tertiary/aromatic N) is 5. The summed E-state index contributed by atoms with van der Waals surface area (Å²) in [4.78, 5) is 34.6. The monoisotopic (exact) mass is 614 g/mol. The van der Waals surface area contributed by atoms with Gasteiger partial charge < -0.3 is 9.88 Å². The standard InChI is InChI=1S/C30H24F6N6O2/c1-17-14-22(41-25-7-4-20(30(34,35)36)15-23(25)38-28(41)44)10-13-40(17)27(43)24-16-26(18-8-11-37-12-9-18)42(39-24)21-5-2-19(3-6-21)29(31,32)33/h2-9,11-12,15-17,22H,10,13-14H2,1H3,(H,38,44)/t17-,22-/m0/s1. The predicted octanol–water partition coefficient (Wildman–Crippen LogP) is 6.48. The van der Waals surface area contributed by atoms with E-state index in [1.165, 1.54) is 27.4 Å². The highest BCUT2D eigenvalue weighted by atomic mass is 19.4. The number of benzene rings is 2. The molecule has 1 aliphatic rings. The summed E-state index contributed by atoms with van der Waals surface area (Å²) in [6.07, 6.45) is -5.25. The van der Waals surface area contributed by atoms with Crippen molar-refractivity contribution in [1.82, 2.24) is 29.2 Å². The second-order valence-corrected chi connectivity index (χ2v) is 10.7. The van der Waals surface area contributed by atoms with Gasteiger partial charge >= 0.3 is 18.0 Å². The van der Waals surface area contributed by atoms with Crippen LogP contribution in [-0.2, 0) is 12.4 Å². The van der Waals surface area contributed by atoms with Crippen molar-refractivity contribution in [3.63, 3.8) is 0 Å². The average Bonchev–Trinajstić information content (AvgIpc) is 3.57. The van der Waals surface area contributed by atoms with Crippen LogP contribution in [0.1, 0.15) is 47.4 Å². The van der Waals surface area contributed by atoms with Crippen LogP contribution in [0, 0.1) is 0 Å². The second-order valence-electron chi connectivity index (χ2n) is 10.7. The van der Waals surface area contributed by atoms with Crippen LogP contribution in [0.3, 0.4) is 0 Å². The van der Waals surface area contributed by atoms with Crippen LogP contribution >= 0.6 is 0 Å². The molecule has 5 aromatic rings. The number of aromatic nitrogens is 5. The molecule has 0 spiro atoms. The van der Waals surface area contributed by atoms with E-state index in [2.05, 4.69) is 15.1 Å². The van der Waals surface area contributed by atoms with Crippen LogP contribution < -0.4 is 5.69 Å². The number of carbonyl (C=O) groups is 1. The Labute approximate surface area is 245 Å². The average molecular weight is 615 g/mol. The maximum absolute atomic E-state index is 13.7. The first kappa shape index (κ1) is 29.2. The summed E-state index contributed by atoms with van der Waals surface area (Å²) in [6, 6.07) is 11.8. The van der Waals surface area contributed by atoms with E-state index < -0.39 is 35.1 Å². The lowest BCUT2D eigenvalue weighted by Crippen LogP contribution is -2.46. The summed E-state index contributed by atoms with van der Waals surface area (Å²) in [5.74, 6) is -0.405. The van der Waals surface area contributed by atoms with E-state index in [1.807, 2.05) is 6.92 Å². The van der Waals surface area contributed by atoms with E-state index in [9.17, 15) is 35.9 Å². The molecule has 1 saturated heterocycles. The largest absolute Gasteiger partial charge is 0.416 e. The highest BCUT2D eigenvalue weighted by Crippen LogP contribution is 2.34. The molecule has 0 saturated carbocycles. The van der Waals surface area contributed by atoms with Crippen molar-refractivity contribution in [2.75, 3.05) is 6.54 Å². The highest BCUT2D eigenvalue weighted by Gasteiger charge is 2.35. The summed E-state index contributed by atoms with van der Waals surface area (Å²) >= 11 is 0. The molecule has 228 valence electrons. The van der Waals surface area contributed by atoms with Gasteiger partial charge in [-0.25, -0.2) is 9.48 Å². The molecule has 2 aromatic carbocycles. The minimum absolute atomic E-state index is 0.0750. The zero-order valence-electron chi connectivity index (χ0n) is 23.0. The molecule has 8 nitrogen and oxygen atoms in total. The second kappa shape index (κ2) is 10.7. The van der Waals surface area contributed by atoms with E-state index in [0.29, 0.717) is 35.3 Å². The van der Waals surface area contributed by atoms with Crippen molar-refractivity contribution in [2.24, 2.45) is 0 Å². The Hall–Kier alpha value is -4.88. The van der Waals surface area contributed by atoms with Crippen LogP contribution in [0.25, 0.3) is 28.0 Å². The lowest BCUT2D eigenvalue weighted by molar-refractivity contribution is -0.138. The zero-order chi connectivity index (χ0) is 31.4. The molecular formula is C30H24F6N6O2. The molecule has 0 radical (unpaired) electrons. The number of amides is 1. The van der Waals surface area contributed by atoms with E-state index in [-0.39, 0.29) is 29.8 Å². The quantitative estimate of drug-likeness (QED) is 0.235. The third-order valence-electron chi connectivity index (χ3n) is 7.86. The van der Waals surface area contributed by atoms with Crippen LogP contribution in [-0.4, -0.2) is 47.7 Å². The van der Waals surface area contributed by atoms with E-state index >= 15 is 0 Å². The summed E-state index contributed by atoms with van der Waals surface area (Å²) < 4.78 is 81.8. The number of fused-ring (bicyclic) bond motifs is 1. The van der Waals surface area contributed by atoms with Gasteiger partial charge in [-0.3, -0.25) is 14.3 Å². The van der Waals surface area contributed by atoms with E-state index in [0.717, 1.165) is 24.3 Å². The van der Waals surface area contributed by atoms with Crippen molar-refractivity contribution in [3.8, 4) is 16.9 Å². The first-order chi connectivity index (χ1) is 20.8. The predicted molar refractivity (Wildman–Crippen MR) is 148 cm³/mol. The van der Waals surface area contributed by atoms with Gasteiger partial charge in [0.05, 0.1) is 33.5 Å². The fraction of sp³-hybridized carbons (Fsp3) is 0.267. The molecule has 0 aliphatic carbocycles. The summed E-state index contributed by atoms with van der Waals surface area (Å²) in [7, 11) is 0. The Bertz CT molecular complexity index is 1890. The summed E-state index contributed by atoms with van der Waals surface area (Å²) in [5.41, 5.74) is -0.281. The smallest absolute Gasteiger partial charge is 0.334 e. The highest BCUT2D eigenvalue weighted by molar-refractivity contribution is 5.94. The lowest BCUT2D eigenvalue weighted by atomic mass is 9.97. The first-order valence-electron chi connectivity index (χ1n) is 13.6. The van der Waals surface area contributed by atoms with Crippen molar-refractivity contribution in [3.05, 3.63) is 100 Å². The SMILES string of the molecule is C[C@H]1C[C@@H](n2c(=O)[nH]c3cc(C(F)(F)F)ccc32)CCN1C(=O)c1cc(-c2ccncc2)n(-c2ccc(C(F)(F)F)cc2)n1. The van der Waals surface area contributed by atoms with Gasteiger partial charge in [-0.05, 0) is 80.4 Å². The molecule has 1 aliphatic heterocycles. The third-order valence-corrected chi connectivity index (χ3v) is 7.86. The van der Waals surface area contributed by atoms with Crippen LogP contribution in [0.5, 0.6) is 0 Å². The molecule has 1 amide bonds. The molecule has 3 aromatic heterocycles. The van der Waals surface area contributed by atoms with E-state index in [1.54, 1.807) is 35.5 Å². The number of H-pyrrole nitrogens is 1. The van der Waals surface area contributed by atoms with Crippen LogP contribution in [0.4, 0.5) is 26.3 Å². The van der Waals surface area contributed by atoms with Crippen molar-refractivity contribution < 1.29 is 31.1 Å². The van der Waals surface area contributed by atoms with Crippen molar-refractivity contribution in [2.45, 2.75) is 44.2 Å². The fourth-order valence-electron chi connectivity index (χ4n) is 5.70. The fourth-order valence-corrected chi connectivity index (χ4v) is 5.70. The number of hydrogen-bond donors (Lipinski definition) is 1. The maximum Gasteiger partial charge on any atom is 0.416 e. The summed E-state index contributed by atoms with van der Waals surface area (Å²) in [6.45, 7) is 2.05. The summed E-state index contributed by atoms with van der Waals surface area (Å²) in [5, 5.41) is 4.48. The maximum atomic E-state index is 13.7. The minimum atomic E-state index is -4.55. The molecule has 1 N–H and O–H groups in total. The number of nitrogens with one attached hydrogen (secondary N) is 1. The van der Waals surface area contributed by atoms with E-state index in [4.69, 9.17) is 0 Å². The molecule has 4 heterocycles. The Morgan fingerprint density at radius 2 is 1.57 bits per heavy atom. The van der Waals surface area contributed by atoms with Gasteiger partial charge in [-0.15, -0.1) is 0 Å². The number of aromatic amines is 1. The topological polar surface area (TPSA) is 88.8 Å². The van der Waals surface area contributed by atoms with Gasteiger partial charge in [-0.1, -0.05) is 0 Å². The Balaban J connectivity index is 1.28. The number of hydrogen-bond acceptors (Lipinski definition) is 4. The Kier molecular flexibility index (Phi) is 7.09. The minimum Gasteiger partial charge on any atom is -0.334 e. The van der Waals surface area contributed by atoms with Crippen molar-refractivity contribution in [1.29, 1.82) is 0 Å². The number of carbonyl (C=O) groups excluding carboxylic acids is 1. The van der Waals surface area contributed by atoms with Gasteiger partial charge in [0.15, 0.2) is 5.69 Å². The molecule has 0 unspecified atom stereocenters. The number of piperidine rings is 1. The molecule has 14 heteroatoms. The Morgan fingerprint density at radius 1 is 0.909 bits per heavy atom.